The second kappa shape index (κ2) is 6.31. The Kier molecular flexibility index (Phi) is 4.49. The van der Waals surface area contributed by atoms with Crippen LogP contribution in [-0.4, -0.2) is 11.6 Å². The lowest BCUT2D eigenvalue weighted by Crippen LogP contribution is -1.98. The van der Waals surface area contributed by atoms with Gasteiger partial charge in [-0.3, -0.25) is 9.59 Å². The zero-order valence-corrected chi connectivity index (χ0v) is 11.7. The van der Waals surface area contributed by atoms with E-state index in [4.69, 9.17) is 11.6 Å². The molecule has 0 unspecified atom stereocenters. The summed E-state index contributed by atoms with van der Waals surface area (Å²) in [7, 11) is 0. The van der Waals surface area contributed by atoms with Crippen molar-refractivity contribution in [2.75, 3.05) is 0 Å². The molecule has 0 N–H and O–H groups in total. The molecule has 0 saturated heterocycles. The van der Waals surface area contributed by atoms with Gasteiger partial charge >= 0.3 is 0 Å². The Morgan fingerprint density at radius 1 is 0.800 bits per heavy atom. The van der Waals surface area contributed by atoms with E-state index in [0.29, 0.717) is 16.1 Å². The number of hydrogen-bond donors (Lipinski definition) is 0. The number of carbonyl (C=O) groups excluding carboxylic acids is 2. The van der Waals surface area contributed by atoms with Gasteiger partial charge in [0.1, 0.15) is 0 Å². The van der Waals surface area contributed by atoms with Crippen molar-refractivity contribution >= 4 is 23.2 Å². The van der Waals surface area contributed by atoms with E-state index in [1.165, 1.54) is 12.2 Å². The smallest absolute Gasteiger partial charge is 0.185 e. The summed E-state index contributed by atoms with van der Waals surface area (Å²) in [6.45, 7) is 1.95. The van der Waals surface area contributed by atoms with Crippen molar-refractivity contribution in [3.8, 4) is 0 Å². The van der Waals surface area contributed by atoms with E-state index in [1.54, 1.807) is 36.4 Å². The number of hydrogen-bond acceptors (Lipinski definition) is 2. The molecule has 100 valence electrons. The highest BCUT2D eigenvalue weighted by Crippen LogP contribution is 2.11. The molecule has 2 aromatic rings. The molecule has 0 aromatic heterocycles. The van der Waals surface area contributed by atoms with Gasteiger partial charge in [-0.25, -0.2) is 0 Å². The molecule has 20 heavy (non-hydrogen) atoms. The third-order valence-corrected chi connectivity index (χ3v) is 3.10. The van der Waals surface area contributed by atoms with E-state index in [2.05, 4.69) is 0 Å². The largest absolute Gasteiger partial charge is 0.289 e. The van der Waals surface area contributed by atoms with E-state index in [9.17, 15) is 9.59 Å². The molecule has 0 atom stereocenters. The van der Waals surface area contributed by atoms with Gasteiger partial charge in [0.15, 0.2) is 11.6 Å². The Balaban J connectivity index is 2.09. The first-order valence-electron chi connectivity index (χ1n) is 6.15. The monoisotopic (exact) mass is 284 g/mol. The third-order valence-electron chi connectivity index (χ3n) is 2.85. The Bertz CT molecular complexity index is 593. The van der Waals surface area contributed by atoms with Crippen molar-refractivity contribution in [1.29, 1.82) is 0 Å². The Labute approximate surface area is 122 Å². The van der Waals surface area contributed by atoms with Crippen LogP contribution in [0.4, 0.5) is 0 Å². The summed E-state index contributed by atoms with van der Waals surface area (Å²) in [5.41, 5.74) is 2.15. The molecule has 0 saturated carbocycles. The molecule has 2 aromatic carbocycles. The van der Waals surface area contributed by atoms with Gasteiger partial charge in [-0.05, 0) is 43.3 Å². The summed E-state index contributed by atoms with van der Waals surface area (Å²) in [6.07, 6.45) is 2.58. The first-order valence-corrected chi connectivity index (χ1v) is 6.53. The van der Waals surface area contributed by atoms with Crippen molar-refractivity contribution in [3.63, 3.8) is 0 Å². The average Bonchev–Trinajstić information content (AvgIpc) is 2.46. The lowest BCUT2D eigenvalue weighted by molar-refractivity contribution is 0.102. The molecule has 2 nitrogen and oxygen atoms in total. The van der Waals surface area contributed by atoms with Crippen LogP contribution < -0.4 is 0 Å². The maximum absolute atomic E-state index is 11.9. The number of allylic oxidation sites excluding steroid dienone is 2. The van der Waals surface area contributed by atoms with Crippen LogP contribution in [0.15, 0.2) is 60.7 Å². The van der Waals surface area contributed by atoms with Crippen LogP contribution in [0, 0.1) is 6.92 Å². The van der Waals surface area contributed by atoms with Crippen molar-refractivity contribution < 1.29 is 9.59 Å². The minimum Gasteiger partial charge on any atom is -0.289 e. The van der Waals surface area contributed by atoms with E-state index < -0.39 is 0 Å². The second-order valence-corrected chi connectivity index (χ2v) is 4.87. The molecule has 2 rings (SSSR count). The quantitative estimate of drug-likeness (QED) is 0.621. The molecule has 0 aliphatic rings. The second-order valence-electron chi connectivity index (χ2n) is 4.43. The number of benzene rings is 2. The molecule has 0 aliphatic carbocycles. The summed E-state index contributed by atoms with van der Waals surface area (Å²) in [6, 6.07) is 13.8. The van der Waals surface area contributed by atoms with Crippen molar-refractivity contribution in [2.24, 2.45) is 0 Å². The standard InChI is InChI=1S/C17H13ClO2/c1-12-2-4-13(5-3-12)16(19)10-11-17(20)14-6-8-15(18)9-7-14/h2-11H,1H3/b11-10+. The van der Waals surface area contributed by atoms with Crippen LogP contribution in [0.1, 0.15) is 26.3 Å². The van der Waals surface area contributed by atoms with Gasteiger partial charge < -0.3 is 0 Å². The SMILES string of the molecule is Cc1ccc(C(=O)/C=C/C(=O)c2ccc(Cl)cc2)cc1. The Morgan fingerprint density at radius 3 is 1.65 bits per heavy atom. The summed E-state index contributed by atoms with van der Waals surface area (Å²) in [5, 5.41) is 0.571. The molecule has 0 aliphatic heterocycles. The predicted octanol–water partition coefficient (Wildman–Crippen LogP) is 4.27. The fraction of sp³-hybridized carbons (Fsp3) is 0.0588. The van der Waals surface area contributed by atoms with Gasteiger partial charge in [0.25, 0.3) is 0 Å². The van der Waals surface area contributed by atoms with Crippen molar-refractivity contribution in [2.45, 2.75) is 6.92 Å². The third kappa shape index (κ3) is 3.65. The summed E-state index contributed by atoms with van der Waals surface area (Å²) in [4.78, 5) is 23.7. The van der Waals surface area contributed by atoms with Crippen molar-refractivity contribution in [1.82, 2.24) is 0 Å². The number of carbonyl (C=O) groups is 2. The highest BCUT2D eigenvalue weighted by molar-refractivity contribution is 6.30. The Morgan fingerprint density at radius 2 is 1.20 bits per heavy atom. The van der Waals surface area contributed by atoms with Crippen LogP contribution in [0.2, 0.25) is 5.02 Å². The first kappa shape index (κ1) is 14.2. The number of rotatable bonds is 4. The van der Waals surface area contributed by atoms with E-state index in [-0.39, 0.29) is 11.6 Å². The van der Waals surface area contributed by atoms with Gasteiger partial charge in [-0.15, -0.1) is 0 Å². The van der Waals surface area contributed by atoms with E-state index in [0.717, 1.165) is 5.56 Å². The van der Waals surface area contributed by atoms with E-state index >= 15 is 0 Å². The minimum atomic E-state index is -0.220. The predicted molar refractivity (Wildman–Crippen MR) is 80.4 cm³/mol. The molecular formula is C17H13ClO2. The minimum absolute atomic E-state index is 0.188. The molecule has 0 bridgehead atoms. The topological polar surface area (TPSA) is 34.1 Å². The van der Waals surface area contributed by atoms with Crippen LogP contribution in [0.25, 0.3) is 0 Å². The molecule has 0 amide bonds. The van der Waals surface area contributed by atoms with Crippen LogP contribution in [0.3, 0.4) is 0 Å². The lowest BCUT2D eigenvalue weighted by atomic mass is 10.1. The molecule has 0 spiro atoms. The van der Waals surface area contributed by atoms with Gasteiger partial charge in [-0.2, -0.15) is 0 Å². The van der Waals surface area contributed by atoms with Crippen molar-refractivity contribution in [3.05, 3.63) is 82.4 Å². The van der Waals surface area contributed by atoms with Crippen LogP contribution in [-0.2, 0) is 0 Å². The van der Waals surface area contributed by atoms with Gasteiger partial charge in [-0.1, -0.05) is 41.4 Å². The van der Waals surface area contributed by atoms with Crippen LogP contribution >= 0.6 is 11.6 Å². The number of ketones is 2. The first-order chi connectivity index (χ1) is 9.56. The summed E-state index contributed by atoms with van der Waals surface area (Å²) < 4.78 is 0. The normalized spacial score (nSPS) is 10.7. The summed E-state index contributed by atoms with van der Waals surface area (Å²) >= 11 is 5.75. The molecule has 0 fully saturated rings. The maximum atomic E-state index is 11.9. The van der Waals surface area contributed by atoms with Gasteiger partial charge in [0.2, 0.25) is 0 Å². The fourth-order valence-corrected chi connectivity index (χ4v) is 1.80. The summed E-state index contributed by atoms with van der Waals surface area (Å²) in [5.74, 6) is -0.408. The molecule has 0 radical (unpaired) electrons. The molecular weight excluding hydrogens is 272 g/mol. The maximum Gasteiger partial charge on any atom is 0.185 e. The van der Waals surface area contributed by atoms with Gasteiger partial charge in [0.05, 0.1) is 0 Å². The fourth-order valence-electron chi connectivity index (χ4n) is 1.68. The zero-order valence-electron chi connectivity index (χ0n) is 11.0. The number of halogens is 1. The highest BCUT2D eigenvalue weighted by Gasteiger charge is 2.04. The lowest BCUT2D eigenvalue weighted by Gasteiger charge is -1.97. The molecule has 0 heterocycles. The zero-order chi connectivity index (χ0) is 14.5. The average molecular weight is 285 g/mol. The Hall–Kier alpha value is -2.19. The molecule has 3 heteroatoms. The highest BCUT2D eigenvalue weighted by atomic mass is 35.5. The van der Waals surface area contributed by atoms with Gasteiger partial charge in [0, 0.05) is 16.1 Å². The number of aryl methyl sites for hydroxylation is 1. The van der Waals surface area contributed by atoms with Crippen LogP contribution in [0.5, 0.6) is 0 Å². The van der Waals surface area contributed by atoms with E-state index in [1.807, 2.05) is 19.1 Å².